The van der Waals surface area contributed by atoms with Crippen LogP contribution in [-0.4, -0.2) is 19.8 Å². The van der Waals surface area contributed by atoms with Gasteiger partial charge in [-0.3, -0.25) is 0 Å². The number of alkyl halides is 2. The Kier molecular flexibility index (Phi) is 4.57. The first kappa shape index (κ1) is 18.1. The highest BCUT2D eigenvalue weighted by molar-refractivity contribution is 7.90. The highest BCUT2D eigenvalue weighted by Crippen LogP contribution is 2.39. The van der Waals surface area contributed by atoms with E-state index in [0.29, 0.717) is 0 Å². The van der Waals surface area contributed by atoms with Crippen molar-refractivity contribution in [3.05, 3.63) is 59.9 Å². The van der Waals surface area contributed by atoms with Crippen molar-refractivity contribution in [1.82, 2.24) is 5.16 Å². The van der Waals surface area contributed by atoms with E-state index >= 15 is 0 Å². The summed E-state index contributed by atoms with van der Waals surface area (Å²) in [5.41, 5.74) is -0.246. The van der Waals surface area contributed by atoms with E-state index in [2.05, 4.69) is 9.68 Å². The molecule has 3 rings (SSSR count). The molecule has 1 heterocycles. The van der Waals surface area contributed by atoms with E-state index in [-0.39, 0.29) is 22.4 Å². The third-order valence-corrected chi connectivity index (χ3v) is 4.76. The highest BCUT2D eigenvalue weighted by Gasteiger charge is 2.27. The SMILES string of the molecule is CS(=O)(=O)c1ccc(-c2c(-c3cccc(F)c3)noc2C(F)F)cc1F. The minimum atomic E-state index is -3.83. The highest BCUT2D eigenvalue weighted by atomic mass is 32.2. The molecule has 4 nitrogen and oxygen atoms in total. The second-order valence-electron chi connectivity index (χ2n) is 5.50. The van der Waals surface area contributed by atoms with E-state index in [1.807, 2.05) is 0 Å². The maximum atomic E-state index is 14.2. The molecule has 0 amide bonds. The van der Waals surface area contributed by atoms with Crippen LogP contribution >= 0.6 is 0 Å². The van der Waals surface area contributed by atoms with Crippen molar-refractivity contribution in [3.63, 3.8) is 0 Å². The lowest BCUT2D eigenvalue weighted by Gasteiger charge is -2.07. The predicted molar refractivity (Wildman–Crippen MR) is 85.4 cm³/mol. The van der Waals surface area contributed by atoms with E-state index in [9.17, 15) is 26.0 Å². The van der Waals surface area contributed by atoms with Gasteiger partial charge in [0.1, 0.15) is 22.2 Å². The van der Waals surface area contributed by atoms with Gasteiger partial charge in [0.15, 0.2) is 9.84 Å². The normalized spacial score (nSPS) is 11.9. The van der Waals surface area contributed by atoms with Crippen LogP contribution in [0, 0.1) is 11.6 Å². The lowest BCUT2D eigenvalue weighted by molar-refractivity contribution is 0.113. The number of sulfone groups is 1. The van der Waals surface area contributed by atoms with Gasteiger partial charge in [0.2, 0.25) is 5.76 Å². The Morgan fingerprint density at radius 1 is 1.04 bits per heavy atom. The van der Waals surface area contributed by atoms with Crippen LogP contribution in [-0.2, 0) is 9.84 Å². The number of benzene rings is 2. The molecule has 2 aromatic carbocycles. The molecule has 0 fully saturated rings. The van der Waals surface area contributed by atoms with Gasteiger partial charge < -0.3 is 4.52 Å². The summed E-state index contributed by atoms with van der Waals surface area (Å²) in [7, 11) is -3.83. The number of hydrogen-bond donors (Lipinski definition) is 0. The third-order valence-electron chi connectivity index (χ3n) is 3.63. The fraction of sp³-hybridized carbons (Fsp3) is 0.118. The number of hydrogen-bond acceptors (Lipinski definition) is 4. The number of aromatic nitrogens is 1. The summed E-state index contributed by atoms with van der Waals surface area (Å²) in [6, 6.07) is 7.96. The Morgan fingerprint density at radius 3 is 2.35 bits per heavy atom. The van der Waals surface area contributed by atoms with Crippen molar-refractivity contribution in [2.75, 3.05) is 6.26 Å². The number of halogens is 4. The molecule has 9 heteroatoms. The summed E-state index contributed by atoms with van der Waals surface area (Å²) in [6.45, 7) is 0. The fourth-order valence-electron chi connectivity index (χ4n) is 2.52. The lowest BCUT2D eigenvalue weighted by Crippen LogP contribution is -2.01. The molecule has 0 N–H and O–H groups in total. The number of nitrogens with zero attached hydrogens (tertiary/aromatic N) is 1. The molecule has 0 saturated heterocycles. The van der Waals surface area contributed by atoms with Crippen molar-refractivity contribution in [2.24, 2.45) is 0 Å². The summed E-state index contributed by atoms with van der Waals surface area (Å²) in [4.78, 5) is -0.566. The Hall–Kier alpha value is -2.68. The van der Waals surface area contributed by atoms with Gasteiger partial charge in [-0.2, -0.15) is 0 Å². The van der Waals surface area contributed by atoms with Crippen molar-refractivity contribution in [2.45, 2.75) is 11.3 Å². The molecule has 0 atom stereocenters. The fourth-order valence-corrected chi connectivity index (χ4v) is 3.25. The minimum Gasteiger partial charge on any atom is -0.354 e. The first-order valence-corrected chi connectivity index (χ1v) is 9.11. The van der Waals surface area contributed by atoms with Crippen LogP contribution in [0.3, 0.4) is 0 Å². The van der Waals surface area contributed by atoms with Crippen molar-refractivity contribution in [3.8, 4) is 22.4 Å². The van der Waals surface area contributed by atoms with Crippen LogP contribution in [0.4, 0.5) is 17.6 Å². The van der Waals surface area contributed by atoms with E-state index in [1.165, 1.54) is 18.2 Å². The smallest absolute Gasteiger partial charge is 0.298 e. The van der Waals surface area contributed by atoms with Crippen LogP contribution in [0.1, 0.15) is 12.2 Å². The van der Waals surface area contributed by atoms with Crippen LogP contribution in [0.15, 0.2) is 51.9 Å². The first-order chi connectivity index (χ1) is 12.2. The summed E-state index contributed by atoms with van der Waals surface area (Å²) >= 11 is 0. The molecule has 0 bridgehead atoms. The molecular formula is C17H11F4NO3S. The summed E-state index contributed by atoms with van der Waals surface area (Å²) in [5.74, 6) is -2.54. The molecular weight excluding hydrogens is 374 g/mol. The van der Waals surface area contributed by atoms with E-state index in [0.717, 1.165) is 30.5 Å². The molecule has 0 aliphatic carbocycles. The lowest BCUT2D eigenvalue weighted by atomic mass is 9.99. The van der Waals surface area contributed by atoms with Crippen LogP contribution < -0.4 is 0 Å². The van der Waals surface area contributed by atoms with Crippen molar-refractivity contribution in [1.29, 1.82) is 0 Å². The van der Waals surface area contributed by atoms with Crippen LogP contribution in [0.2, 0.25) is 0 Å². The quantitative estimate of drug-likeness (QED) is 0.615. The second kappa shape index (κ2) is 6.56. The second-order valence-corrected chi connectivity index (χ2v) is 7.48. The molecule has 0 aliphatic heterocycles. The first-order valence-electron chi connectivity index (χ1n) is 7.22. The molecule has 26 heavy (non-hydrogen) atoms. The molecule has 0 saturated carbocycles. The molecule has 136 valence electrons. The zero-order chi connectivity index (χ0) is 19.1. The summed E-state index contributed by atoms with van der Waals surface area (Å²) in [5, 5.41) is 3.56. The minimum absolute atomic E-state index is 0.0642. The van der Waals surface area contributed by atoms with E-state index in [4.69, 9.17) is 0 Å². The zero-order valence-corrected chi connectivity index (χ0v) is 14.0. The van der Waals surface area contributed by atoms with Gasteiger partial charge in [-0.25, -0.2) is 26.0 Å². The average Bonchev–Trinajstić information content (AvgIpc) is 2.98. The van der Waals surface area contributed by atoms with Crippen molar-refractivity contribution < 1.29 is 30.5 Å². The standard InChI is InChI=1S/C17H11F4NO3S/c1-26(23,24)13-6-5-9(8-12(13)19)14-15(22-25-16(14)17(20)21)10-3-2-4-11(18)7-10/h2-8,17H,1H3. The molecule has 3 aromatic rings. The monoisotopic (exact) mass is 385 g/mol. The Morgan fingerprint density at radius 2 is 1.77 bits per heavy atom. The van der Waals surface area contributed by atoms with Gasteiger partial charge in [-0.05, 0) is 29.8 Å². The van der Waals surface area contributed by atoms with Crippen LogP contribution in [0.5, 0.6) is 0 Å². The van der Waals surface area contributed by atoms with E-state index < -0.39 is 38.6 Å². The summed E-state index contributed by atoms with van der Waals surface area (Å²) in [6.07, 6.45) is -2.23. The maximum absolute atomic E-state index is 14.2. The molecule has 0 unspecified atom stereocenters. The Bertz CT molecular complexity index is 1080. The van der Waals surface area contributed by atoms with Crippen LogP contribution in [0.25, 0.3) is 22.4 Å². The summed E-state index contributed by atoms with van der Waals surface area (Å²) < 4.78 is 82.0. The largest absolute Gasteiger partial charge is 0.354 e. The van der Waals surface area contributed by atoms with Gasteiger partial charge in [0.25, 0.3) is 6.43 Å². The van der Waals surface area contributed by atoms with Gasteiger partial charge in [0, 0.05) is 11.8 Å². The third kappa shape index (κ3) is 3.34. The Labute approximate surface area is 146 Å². The van der Waals surface area contributed by atoms with E-state index in [1.54, 1.807) is 0 Å². The predicted octanol–water partition coefficient (Wildman–Crippen LogP) is 4.63. The zero-order valence-electron chi connectivity index (χ0n) is 13.2. The number of rotatable bonds is 4. The molecule has 0 radical (unpaired) electrons. The molecule has 1 aromatic heterocycles. The molecule has 0 aliphatic rings. The Balaban J connectivity index is 2.24. The van der Waals surface area contributed by atoms with Gasteiger partial charge >= 0.3 is 0 Å². The van der Waals surface area contributed by atoms with Gasteiger partial charge in [-0.15, -0.1) is 0 Å². The van der Waals surface area contributed by atoms with Crippen molar-refractivity contribution >= 4 is 9.84 Å². The maximum Gasteiger partial charge on any atom is 0.298 e. The topological polar surface area (TPSA) is 60.2 Å². The molecule has 0 spiro atoms. The van der Waals surface area contributed by atoms with Gasteiger partial charge in [0.05, 0.1) is 5.56 Å². The average molecular weight is 385 g/mol. The van der Waals surface area contributed by atoms with Gasteiger partial charge in [-0.1, -0.05) is 23.4 Å².